The van der Waals surface area contributed by atoms with E-state index >= 15 is 0 Å². The summed E-state index contributed by atoms with van der Waals surface area (Å²) in [6.45, 7) is 6.50. The molecule has 0 N–H and O–H groups in total. The molecule has 3 nitrogen and oxygen atoms in total. The number of pyridine rings is 1. The van der Waals surface area contributed by atoms with Crippen molar-refractivity contribution < 1.29 is 0 Å². The third-order valence-corrected chi connectivity index (χ3v) is 3.50. The molecule has 0 bridgehead atoms. The molecule has 0 atom stereocenters. The van der Waals surface area contributed by atoms with Gasteiger partial charge in [-0.2, -0.15) is 0 Å². The number of rotatable bonds is 2. The van der Waals surface area contributed by atoms with Crippen molar-refractivity contribution in [3.8, 4) is 11.5 Å². The largest absolute Gasteiger partial charge is 0.253 e. The van der Waals surface area contributed by atoms with Crippen LogP contribution in [0.1, 0.15) is 38.1 Å². The minimum Gasteiger partial charge on any atom is -0.253 e. The minimum absolute atomic E-state index is 0.0206. The number of aromatic nitrogens is 3. The van der Waals surface area contributed by atoms with Crippen LogP contribution in [-0.2, 0) is 5.41 Å². The predicted octanol–water partition coefficient (Wildman–Crippen LogP) is 4.05. The van der Waals surface area contributed by atoms with Crippen molar-refractivity contribution in [2.75, 3.05) is 0 Å². The van der Waals surface area contributed by atoms with Crippen molar-refractivity contribution in [2.24, 2.45) is 0 Å². The minimum atomic E-state index is -0.0206. The van der Waals surface area contributed by atoms with Gasteiger partial charge in [-0.15, -0.1) is 0 Å². The fourth-order valence-corrected chi connectivity index (χ4v) is 2.26. The number of nitrogens with zero attached hydrogens (tertiary/aromatic N) is 3. The van der Waals surface area contributed by atoms with E-state index in [1.54, 1.807) is 6.20 Å². The summed E-state index contributed by atoms with van der Waals surface area (Å²) in [5.41, 5.74) is 2.87. The van der Waals surface area contributed by atoms with Gasteiger partial charge in [-0.3, -0.25) is 4.98 Å². The highest BCUT2D eigenvalue weighted by Crippen LogP contribution is 2.28. The van der Waals surface area contributed by atoms with Crippen LogP contribution in [0.15, 0.2) is 54.8 Å². The molecule has 2 heterocycles. The molecule has 0 unspecified atom stereocenters. The first-order valence-electron chi connectivity index (χ1n) is 7.20. The van der Waals surface area contributed by atoms with Gasteiger partial charge in [0.2, 0.25) is 0 Å². The second-order valence-electron chi connectivity index (χ2n) is 6.26. The van der Waals surface area contributed by atoms with Crippen LogP contribution >= 0.6 is 0 Å². The Balaban J connectivity index is 2.14. The Bertz CT molecular complexity index is 682. The normalized spacial score (nSPS) is 14.8. The second-order valence-corrected chi connectivity index (χ2v) is 6.26. The Kier molecular flexibility index (Phi) is 3.42. The molecule has 0 aliphatic heterocycles. The fourth-order valence-electron chi connectivity index (χ4n) is 2.26. The molecule has 0 radical (unpaired) electrons. The van der Waals surface area contributed by atoms with Crippen LogP contribution in [0.5, 0.6) is 0 Å². The Morgan fingerprint density at radius 2 is 1.76 bits per heavy atom. The zero-order valence-corrected chi connectivity index (χ0v) is 12.6. The highest BCUT2D eigenvalue weighted by atomic mass is 14.9. The van der Waals surface area contributed by atoms with Crippen LogP contribution in [0.2, 0.25) is 0 Å². The van der Waals surface area contributed by atoms with Gasteiger partial charge >= 0.3 is 0 Å². The summed E-state index contributed by atoms with van der Waals surface area (Å²) in [6, 6.07) is 7.92. The summed E-state index contributed by atoms with van der Waals surface area (Å²) in [7, 11) is 0. The van der Waals surface area contributed by atoms with E-state index in [1.807, 2.05) is 18.2 Å². The lowest BCUT2D eigenvalue weighted by Gasteiger charge is -2.20. The lowest BCUT2D eigenvalue weighted by atomic mass is 9.90. The van der Waals surface area contributed by atoms with E-state index in [9.17, 15) is 0 Å². The van der Waals surface area contributed by atoms with E-state index in [4.69, 9.17) is 9.97 Å². The first-order valence-corrected chi connectivity index (χ1v) is 7.20. The molecule has 0 spiro atoms. The van der Waals surface area contributed by atoms with Gasteiger partial charge in [-0.1, -0.05) is 51.1 Å². The molecule has 106 valence electrons. The molecule has 0 aromatic carbocycles. The van der Waals surface area contributed by atoms with Crippen LogP contribution < -0.4 is 0 Å². The Labute approximate surface area is 125 Å². The zero-order valence-electron chi connectivity index (χ0n) is 12.6. The molecular weight excluding hydrogens is 258 g/mol. The third kappa shape index (κ3) is 2.92. The third-order valence-electron chi connectivity index (χ3n) is 3.50. The van der Waals surface area contributed by atoms with E-state index in [2.05, 4.69) is 56.1 Å². The smallest absolute Gasteiger partial charge is 0.178 e. The SMILES string of the molecule is CC(C)(C)c1cc(C2C=CC=C2)nc(-c2ccccn2)n1. The Morgan fingerprint density at radius 1 is 1.00 bits per heavy atom. The van der Waals surface area contributed by atoms with Gasteiger partial charge in [0.1, 0.15) is 5.69 Å². The highest BCUT2D eigenvalue weighted by Gasteiger charge is 2.21. The summed E-state index contributed by atoms with van der Waals surface area (Å²) in [5, 5.41) is 0. The average molecular weight is 277 g/mol. The molecule has 0 saturated heterocycles. The van der Waals surface area contributed by atoms with Crippen molar-refractivity contribution in [1.82, 2.24) is 15.0 Å². The number of allylic oxidation sites excluding steroid dienone is 4. The van der Waals surface area contributed by atoms with Crippen molar-refractivity contribution in [3.05, 3.63) is 66.2 Å². The lowest BCUT2D eigenvalue weighted by molar-refractivity contribution is 0.565. The van der Waals surface area contributed by atoms with Crippen LogP contribution in [0.4, 0.5) is 0 Å². The molecule has 0 saturated carbocycles. The van der Waals surface area contributed by atoms with Gasteiger partial charge < -0.3 is 0 Å². The fraction of sp³-hybridized carbons (Fsp3) is 0.278. The Hall–Kier alpha value is -2.29. The van der Waals surface area contributed by atoms with Gasteiger partial charge in [0.05, 0.1) is 11.4 Å². The van der Waals surface area contributed by atoms with E-state index in [0.717, 1.165) is 17.1 Å². The summed E-state index contributed by atoms with van der Waals surface area (Å²) in [4.78, 5) is 13.8. The predicted molar refractivity (Wildman–Crippen MR) is 85.0 cm³/mol. The van der Waals surface area contributed by atoms with E-state index in [0.29, 0.717) is 5.82 Å². The van der Waals surface area contributed by atoms with E-state index in [-0.39, 0.29) is 11.3 Å². The topological polar surface area (TPSA) is 38.7 Å². The molecule has 2 aromatic rings. The second kappa shape index (κ2) is 5.24. The lowest BCUT2D eigenvalue weighted by Crippen LogP contribution is -2.16. The highest BCUT2D eigenvalue weighted by molar-refractivity contribution is 5.50. The van der Waals surface area contributed by atoms with E-state index < -0.39 is 0 Å². The summed E-state index contributed by atoms with van der Waals surface area (Å²) in [6.07, 6.45) is 10.2. The average Bonchev–Trinajstić information content (AvgIpc) is 3.01. The first kappa shape index (κ1) is 13.7. The zero-order chi connectivity index (χ0) is 14.9. The monoisotopic (exact) mass is 277 g/mol. The van der Waals surface area contributed by atoms with Crippen LogP contribution in [-0.4, -0.2) is 15.0 Å². The summed E-state index contributed by atoms with van der Waals surface area (Å²) >= 11 is 0. The van der Waals surface area contributed by atoms with Crippen molar-refractivity contribution in [3.63, 3.8) is 0 Å². The molecule has 21 heavy (non-hydrogen) atoms. The van der Waals surface area contributed by atoms with Gasteiger partial charge in [-0.25, -0.2) is 9.97 Å². The maximum absolute atomic E-state index is 4.72. The maximum Gasteiger partial charge on any atom is 0.178 e. The number of hydrogen-bond donors (Lipinski definition) is 0. The molecule has 1 aliphatic carbocycles. The van der Waals surface area contributed by atoms with Crippen molar-refractivity contribution >= 4 is 0 Å². The summed E-state index contributed by atoms with van der Waals surface area (Å²) in [5.74, 6) is 0.934. The van der Waals surface area contributed by atoms with Gasteiger partial charge in [0.15, 0.2) is 5.82 Å². The molecule has 0 fully saturated rings. The molecule has 3 heteroatoms. The standard InChI is InChI=1S/C18H19N3/c1-18(2,3)16-12-15(13-8-4-5-9-13)20-17(21-16)14-10-6-7-11-19-14/h4-13H,1-3H3. The Morgan fingerprint density at radius 3 is 2.38 bits per heavy atom. The van der Waals surface area contributed by atoms with E-state index in [1.165, 1.54) is 0 Å². The van der Waals surface area contributed by atoms with Gasteiger partial charge in [0, 0.05) is 17.5 Å². The molecular formula is C18H19N3. The molecule has 0 amide bonds. The van der Waals surface area contributed by atoms with Crippen LogP contribution in [0.25, 0.3) is 11.5 Å². The summed E-state index contributed by atoms with van der Waals surface area (Å²) < 4.78 is 0. The van der Waals surface area contributed by atoms with Crippen LogP contribution in [0.3, 0.4) is 0 Å². The number of hydrogen-bond acceptors (Lipinski definition) is 3. The van der Waals surface area contributed by atoms with Crippen LogP contribution in [0, 0.1) is 0 Å². The first-order chi connectivity index (χ1) is 10.0. The molecule has 2 aromatic heterocycles. The molecule has 3 rings (SSSR count). The van der Waals surface area contributed by atoms with Crippen molar-refractivity contribution in [1.29, 1.82) is 0 Å². The van der Waals surface area contributed by atoms with Gasteiger partial charge in [-0.05, 0) is 18.2 Å². The quantitative estimate of drug-likeness (QED) is 0.831. The maximum atomic E-state index is 4.72. The van der Waals surface area contributed by atoms with Crippen molar-refractivity contribution in [2.45, 2.75) is 32.1 Å². The van der Waals surface area contributed by atoms with Gasteiger partial charge in [0.25, 0.3) is 0 Å². The molecule has 1 aliphatic rings.